The fourth-order valence-electron chi connectivity index (χ4n) is 3.74. The number of carbonyl (C=O) groups excluding carboxylic acids is 1. The van der Waals surface area contributed by atoms with Gasteiger partial charge in [-0.1, -0.05) is 32.6 Å². The molecule has 1 aliphatic heterocycles. The zero-order chi connectivity index (χ0) is 14.4. The van der Waals surface area contributed by atoms with E-state index in [1.54, 1.807) is 0 Å². The van der Waals surface area contributed by atoms with Crippen LogP contribution in [0.5, 0.6) is 0 Å². The average Bonchev–Trinajstić information content (AvgIpc) is 2.53. The Bertz CT molecular complexity index is 308. The van der Waals surface area contributed by atoms with Crippen molar-refractivity contribution in [2.45, 2.75) is 76.4 Å². The minimum Gasteiger partial charge on any atom is -0.383 e. The van der Waals surface area contributed by atoms with Crippen molar-refractivity contribution in [1.29, 1.82) is 0 Å². The fourth-order valence-corrected chi connectivity index (χ4v) is 3.74. The zero-order valence-electron chi connectivity index (χ0n) is 12.9. The summed E-state index contributed by atoms with van der Waals surface area (Å²) in [7, 11) is 0. The van der Waals surface area contributed by atoms with E-state index >= 15 is 0 Å². The molecule has 4 heteroatoms. The molecule has 20 heavy (non-hydrogen) atoms. The molecule has 2 rings (SSSR count). The molecule has 1 saturated heterocycles. The summed E-state index contributed by atoms with van der Waals surface area (Å²) in [6, 6.07) is 0. The van der Waals surface area contributed by atoms with Crippen LogP contribution in [0.2, 0.25) is 0 Å². The highest BCUT2D eigenvalue weighted by atomic mass is 16.3. The van der Waals surface area contributed by atoms with Crippen molar-refractivity contribution in [3.63, 3.8) is 0 Å². The molecule has 1 aliphatic carbocycles. The lowest BCUT2D eigenvalue weighted by Gasteiger charge is -2.48. The first-order chi connectivity index (χ1) is 9.68. The third-order valence-electron chi connectivity index (χ3n) is 5.09. The number of nitrogens with zero attached hydrogens (tertiary/aromatic N) is 1. The normalized spacial score (nSPS) is 25.1. The first-order valence-corrected chi connectivity index (χ1v) is 8.39. The molecule has 1 heterocycles. The molecule has 2 aliphatic rings. The van der Waals surface area contributed by atoms with Gasteiger partial charge in [-0.25, -0.2) is 0 Å². The van der Waals surface area contributed by atoms with Crippen LogP contribution >= 0.6 is 0 Å². The van der Waals surface area contributed by atoms with Crippen LogP contribution in [0.1, 0.15) is 64.7 Å². The van der Waals surface area contributed by atoms with Gasteiger partial charge >= 0.3 is 0 Å². The van der Waals surface area contributed by atoms with E-state index in [4.69, 9.17) is 0 Å². The maximum absolute atomic E-state index is 11.9. The van der Waals surface area contributed by atoms with Crippen molar-refractivity contribution in [1.82, 2.24) is 10.2 Å². The summed E-state index contributed by atoms with van der Waals surface area (Å²) < 4.78 is 0. The Labute approximate surface area is 122 Å². The second-order valence-electron chi connectivity index (χ2n) is 6.47. The second kappa shape index (κ2) is 7.41. The van der Waals surface area contributed by atoms with Gasteiger partial charge in [-0.2, -0.15) is 0 Å². The predicted octanol–water partition coefficient (Wildman–Crippen LogP) is 2.06. The lowest BCUT2D eigenvalue weighted by Crippen LogP contribution is -2.58. The van der Waals surface area contributed by atoms with Crippen LogP contribution < -0.4 is 5.32 Å². The van der Waals surface area contributed by atoms with Crippen molar-refractivity contribution in [2.24, 2.45) is 0 Å². The van der Waals surface area contributed by atoms with Crippen LogP contribution in [0.15, 0.2) is 0 Å². The van der Waals surface area contributed by atoms with E-state index in [0.29, 0.717) is 13.0 Å². The highest BCUT2D eigenvalue weighted by Crippen LogP contribution is 2.35. The van der Waals surface area contributed by atoms with Gasteiger partial charge in [0.25, 0.3) is 0 Å². The Kier molecular flexibility index (Phi) is 5.85. The molecule has 0 unspecified atom stereocenters. The largest absolute Gasteiger partial charge is 0.383 e. The summed E-state index contributed by atoms with van der Waals surface area (Å²) in [5.74, 6) is -0.200. The lowest BCUT2D eigenvalue weighted by molar-refractivity contribution is -0.130. The number of carbonyl (C=O) groups is 1. The summed E-state index contributed by atoms with van der Waals surface area (Å²) in [4.78, 5) is 14.5. The molecular formula is C16H30N2O2. The third kappa shape index (κ3) is 3.73. The maximum Gasteiger partial charge on any atom is 0.248 e. The second-order valence-corrected chi connectivity index (χ2v) is 6.47. The number of aliphatic hydroxyl groups is 1. The highest BCUT2D eigenvalue weighted by molar-refractivity contribution is 5.80. The average molecular weight is 282 g/mol. The van der Waals surface area contributed by atoms with Crippen LogP contribution in [0, 0.1) is 0 Å². The number of aliphatic hydroxyl groups excluding tert-OH is 1. The minimum absolute atomic E-state index is 0.155. The monoisotopic (exact) mass is 282 g/mol. The number of rotatable bonds is 5. The molecule has 2 fully saturated rings. The van der Waals surface area contributed by atoms with E-state index < -0.39 is 6.10 Å². The van der Waals surface area contributed by atoms with Gasteiger partial charge in [-0.3, -0.25) is 9.69 Å². The molecule has 4 nitrogen and oxygen atoms in total. The highest BCUT2D eigenvalue weighted by Gasteiger charge is 2.38. The summed E-state index contributed by atoms with van der Waals surface area (Å²) in [5.41, 5.74) is 0.155. The van der Waals surface area contributed by atoms with Crippen LogP contribution in [0.4, 0.5) is 0 Å². The van der Waals surface area contributed by atoms with Gasteiger partial charge in [-0.15, -0.1) is 0 Å². The SMILES string of the molecule is CC[C@@H](O)C(=O)NCC1(N2CCCCC2)CCCCC1. The molecule has 2 N–H and O–H groups in total. The molecular weight excluding hydrogens is 252 g/mol. The van der Waals surface area contributed by atoms with Gasteiger partial charge in [0, 0.05) is 12.1 Å². The Morgan fingerprint density at radius 1 is 1.15 bits per heavy atom. The summed E-state index contributed by atoms with van der Waals surface area (Å²) in [5, 5.41) is 12.6. The van der Waals surface area contributed by atoms with E-state index in [1.165, 1.54) is 64.5 Å². The van der Waals surface area contributed by atoms with Crippen LogP contribution in [0.25, 0.3) is 0 Å². The van der Waals surface area contributed by atoms with Crippen LogP contribution in [-0.4, -0.2) is 47.2 Å². The predicted molar refractivity (Wildman–Crippen MR) is 80.5 cm³/mol. The van der Waals surface area contributed by atoms with E-state index in [9.17, 15) is 9.90 Å². The first kappa shape index (κ1) is 15.8. The number of likely N-dealkylation sites (tertiary alicyclic amines) is 1. The van der Waals surface area contributed by atoms with Crippen molar-refractivity contribution in [2.75, 3.05) is 19.6 Å². The smallest absolute Gasteiger partial charge is 0.248 e. The van der Waals surface area contributed by atoms with E-state index in [-0.39, 0.29) is 11.4 Å². The Morgan fingerprint density at radius 3 is 2.35 bits per heavy atom. The van der Waals surface area contributed by atoms with Crippen LogP contribution in [-0.2, 0) is 4.79 Å². The minimum atomic E-state index is -0.850. The number of amides is 1. The van der Waals surface area contributed by atoms with Gasteiger partial charge in [0.2, 0.25) is 5.91 Å². The molecule has 1 amide bonds. The van der Waals surface area contributed by atoms with Gasteiger partial charge in [0.15, 0.2) is 0 Å². The molecule has 116 valence electrons. The van der Waals surface area contributed by atoms with Crippen molar-refractivity contribution in [3.05, 3.63) is 0 Å². The Balaban J connectivity index is 1.97. The number of piperidine rings is 1. The topological polar surface area (TPSA) is 52.6 Å². The number of hydrogen-bond acceptors (Lipinski definition) is 3. The molecule has 0 bridgehead atoms. The van der Waals surface area contributed by atoms with E-state index in [1.807, 2.05) is 6.92 Å². The van der Waals surface area contributed by atoms with Crippen molar-refractivity contribution >= 4 is 5.91 Å². The molecule has 0 spiro atoms. The standard InChI is InChI=1S/C16H30N2O2/c1-2-14(19)15(20)17-13-16(9-5-3-6-10-16)18-11-7-4-8-12-18/h14,19H,2-13H2,1H3,(H,17,20)/t14-/m1/s1. The van der Waals surface area contributed by atoms with Gasteiger partial charge in [0.1, 0.15) is 6.10 Å². The third-order valence-corrected chi connectivity index (χ3v) is 5.09. The Hall–Kier alpha value is -0.610. The maximum atomic E-state index is 11.9. The molecule has 1 saturated carbocycles. The molecule has 0 aromatic heterocycles. The zero-order valence-corrected chi connectivity index (χ0v) is 12.9. The molecule has 0 aromatic carbocycles. The Morgan fingerprint density at radius 2 is 1.75 bits per heavy atom. The quantitative estimate of drug-likeness (QED) is 0.811. The lowest BCUT2D eigenvalue weighted by atomic mass is 9.79. The van der Waals surface area contributed by atoms with Crippen molar-refractivity contribution < 1.29 is 9.90 Å². The van der Waals surface area contributed by atoms with Gasteiger partial charge in [-0.05, 0) is 45.2 Å². The number of hydrogen-bond donors (Lipinski definition) is 2. The first-order valence-electron chi connectivity index (χ1n) is 8.39. The summed E-state index contributed by atoms with van der Waals surface area (Å²) >= 11 is 0. The van der Waals surface area contributed by atoms with Crippen LogP contribution in [0.3, 0.4) is 0 Å². The van der Waals surface area contributed by atoms with E-state index in [0.717, 1.165) is 0 Å². The summed E-state index contributed by atoms with van der Waals surface area (Å²) in [6.07, 6.45) is 9.78. The molecule has 0 aromatic rings. The van der Waals surface area contributed by atoms with E-state index in [2.05, 4.69) is 10.2 Å². The van der Waals surface area contributed by atoms with Gasteiger partial charge in [0.05, 0.1) is 0 Å². The molecule has 1 atom stereocenters. The number of nitrogens with one attached hydrogen (secondary N) is 1. The van der Waals surface area contributed by atoms with Gasteiger partial charge < -0.3 is 10.4 Å². The fraction of sp³-hybridized carbons (Fsp3) is 0.938. The summed E-state index contributed by atoms with van der Waals surface area (Å²) in [6.45, 7) is 4.90. The van der Waals surface area contributed by atoms with Crippen molar-refractivity contribution in [3.8, 4) is 0 Å². The molecule has 0 radical (unpaired) electrons.